The second-order valence-electron chi connectivity index (χ2n) is 6.73. The molecule has 0 atom stereocenters. The number of fused-ring (bicyclic) bond motifs is 1. The van der Waals surface area contributed by atoms with Crippen LogP contribution in [-0.4, -0.2) is 15.0 Å². The highest BCUT2D eigenvalue weighted by Crippen LogP contribution is 2.25. The zero-order valence-electron chi connectivity index (χ0n) is 15.6. The first-order chi connectivity index (χ1) is 13.1. The Morgan fingerprint density at radius 2 is 1.56 bits per heavy atom. The van der Waals surface area contributed by atoms with Crippen LogP contribution in [0.5, 0.6) is 0 Å². The largest absolute Gasteiger partial charge is 0.338 e. The molecule has 2 aromatic carbocycles. The highest BCUT2D eigenvalue weighted by atomic mass is 15.1. The van der Waals surface area contributed by atoms with E-state index >= 15 is 0 Å². The van der Waals surface area contributed by atoms with Crippen molar-refractivity contribution in [2.45, 2.75) is 20.8 Å². The molecule has 2 N–H and O–H groups in total. The first kappa shape index (κ1) is 17.0. The van der Waals surface area contributed by atoms with Gasteiger partial charge in [-0.2, -0.15) is 4.98 Å². The van der Waals surface area contributed by atoms with Crippen molar-refractivity contribution in [2.75, 3.05) is 10.6 Å². The fourth-order valence-corrected chi connectivity index (χ4v) is 3.21. The van der Waals surface area contributed by atoms with Crippen LogP contribution >= 0.6 is 0 Å². The third-order valence-corrected chi connectivity index (χ3v) is 4.23. The zero-order chi connectivity index (χ0) is 18.8. The summed E-state index contributed by atoms with van der Waals surface area (Å²) < 4.78 is 0. The zero-order valence-corrected chi connectivity index (χ0v) is 15.6. The number of anilines is 4. The molecule has 0 saturated heterocycles. The van der Waals surface area contributed by atoms with E-state index in [0.29, 0.717) is 5.95 Å². The van der Waals surface area contributed by atoms with Crippen LogP contribution in [0.25, 0.3) is 10.9 Å². The number of nitrogens with one attached hydrogen (secondary N) is 2. The van der Waals surface area contributed by atoms with Crippen molar-refractivity contribution >= 4 is 34.0 Å². The molecular weight excluding hydrogens is 334 g/mol. The molecule has 134 valence electrons. The summed E-state index contributed by atoms with van der Waals surface area (Å²) in [6, 6.07) is 18.3. The number of hydrogen-bond acceptors (Lipinski definition) is 5. The maximum atomic E-state index is 4.63. The summed E-state index contributed by atoms with van der Waals surface area (Å²) in [4.78, 5) is 13.6. The molecule has 4 rings (SSSR count). The van der Waals surface area contributed by atoms with Gasteiger partial charge in [0, 0.05) is 29.0 Å². The lowest BCUT2D eigenvalue weighted by atomic mass is 10.1. The van der Waals surface area contributed by atoms with Gasteiger partial charge >= 0.3 is 0 Å². The van der Waals surface area contributed by atoms with Crippen molar-refractivity contribution in [1.82, 2.24) is 15.0 Å². The van der Waals surface area contributed by atoms with Gasteiger partial charge in [-0.1, -0.05) is 24.3 Å². The van der Waals surface area contributed by atoms with Crippen molar-refractivity contribution < 1.29 is 0 Å². The number of para-hydroxylation sites is 1. The van der Waals surface area contributed by atoms with E-state index in [2.05, 4.69) is 57.6 Å². The van der Waals surface area contributed by atoms with Crippen LogP contribution in [0.3, 0.4) is 0 Å². The Morgan fingerprint density at radius 1 is 0.778 bits per heavy atom. The third-order valence-electron chi connectivity index (χ3n) is 4.23. The molecule has 0 bridgehead atoms. The lowest BCUT2D eigenvalue weighted by Gasteiger charge is -2.12. The van der Waals surface area contributed by atoms with Crippen molar-refractivity contribution in [3.8, 4) is 0 Å². The molecule has 0 radical (unpaired) electrons. The molecule has 0 spiro atoms. The van der Waals surface area contributed by atoms with Gasteiger partial charge in [0.15, 0.2) is 0 Å². The van der Waals surface area contributed by atoms with Crippen molar-refractivity contribution in [1.29, 1.82) is 0 Å². The Balaban J connectivity index is 1.66. The molecule has 5 heteroatoms. The highest BCUT2D eigenvalue weighted by molar-refractivity contribution is 5.91. The van der Waals surface area contributed by atoms with Crippen LogP contribution in [0.4, 0.5) is 23.1 Å². The van der Waals surface area contributed by atoms with Crippen LogP contribution in [0.15, 0.2) is 60.8 Å². The van der Waals surface area contributed by atoms with Gasteiger partial charge in [0.1, 0.15) is 5.82 Å². The molecule has 27 heavy (non-hydrogen) atoms. The number of nitrogens with zero attached hydrogens (tertiary/aromatic N) is 3. The van der Waals surface area contributed by atoms with E-state index in [1.165, 1.54) is 11.1 Å². The van der Waals surface area contributed by atoms with Crippen LogP contribution < -0.4 is 10.6 Å². The van der Waals surface area contributed by atoms with Crippen LogP contribution in [0, 0.1) is 20.8 Å². The number of aryl methyl sites for hydroxylation is 3. The maximum Gasteiger partial charge on any atom is 0.229 e. The maximum absolute atomic E-state index is 4.63. The lowest BCUT2D eigenvalue weighted by molar-refractivity contribution is 1.11. The van der Waals surface area contributed by atoms with Gasteiger partial charge in [-0.3, -0.25) is 4.98 Å². The van der Waals surface area contributed by atoms with Crippen LogP contribution in [0.2, 0.25) is 0 Å². The smallest absolute Gasteiger partial charge is 0.229 e. The predicted molar refractivity (Wildman–Crippen MR) is 111 cm³/mol. The molecule has 2 aromatic heterocycles. The van der Waals surface area contributed by atoms with Gasteiger partial charge in [0.05, 0.1) is 11.2 Å². The number of aromatic nitrogens is 3. The summed E-state index contributed by atoms with van der Waals surface area (Å²) in [5.41, 5.74) is 6.10. The van der Waals surface area contributed by atoms with Crippen molar-refractivity contribution in [3.63, 3.8) is 0 Å². The minimum absolute atomic E-state index is 0.565. The van der Waals surface area contributed by atoms with Crippen molar-refractivity contribution in [3.05, 3.63) is 77.6 Å². The molecule has 0 saturated carbocycles. The molecule has 0 amide bonds. The van der Waals surface area contributed by atoms with E-state index < -0.39 is 0 Å². The fraction of sp³-hybridized carbons (Fsp3) is 0.136. The minimum atomic E-state index is 0.565. The van der Waals surface area contributed by atoms with Gasteiger partial charge in [-0.25, -0.2) is 4.98 Å². The summed E-state index contributed by atoms with van der Waals surface area (Å²) in [6.45, 7) is 6.12. The van der Waals surface area contributed by atoms with Crippen LogP contribution in [-0.2, 0) is 0 Å². The number of benzene rings is 2. The van der Waals surface area contributed by atoms with Gasteiger partial charge in [0.25, 0.3) is 0 Å². The molecule has 2 heterocycles. The number of pyridine rings is 1. The summed E-state index contributed by atoms with van der Waals surface area (Å²) in [5.74, 6) is 1.29. The molecule has 5 nitrogen and oxygen atoms in total. The summed E-state index contributed by atoms with van der Waals surface area (Å²) >= 11 is 0. The van der Waals surface area contributed by atoms with Gasteiger partial charge in [0.2, 0.25) is 5.95 Å². The number of rotatable bonds is 4. The van der Waals surface area contributed by atoms with Crippen LogP contribution in [0.1, 0.15) is 16.8 Å². The molecule has 0 aliphatic carbocycles. The Hall–Kier alpha value is -3.47. The van der Waals surface area contributed by atoms with E-state index in [1.54, 1.807) is 6.20 Å². The van der Waals surface area contributed by atoms with Gasteiger partial charge < -0.3 is 10.6 Å². The summed E-state index contributed by atoms with van der Waals surface area (Å²) in [6.07, 6.45) is 1.80. The molecule has 0 fully saturated rings. The summed E-state index contributed by atoms with van der Waals surface area (Å²) in [7, 11) is 0. The molecular formula is C22H21N5. The van der Waals surface area contributed by atoms with E-state index in [-0.39, 0.29) is 0 Å². The average molecular weight is 355 g/mol. The van der Waals surface area contributed by atoms with Crippen molar-refractivity contribution in [2.24, 2.45) is 0 Å². The Kier molecular flexibility index (Phi) is 4.42. The first-order valence-corrected chi connectivity index (χ1v) is 8.88. The topological polar surface area (TPSA) is 62.7 Å². The fourth-order valence-electron chi connectivity index (χ4n) is 3.21. The molecule has 0 aliphatic rings. The molecule has 0 unspecified atom stereocenters. The Morgan fingerprint density at radius 3 is 2.37 bits per heavy atom. The minimum Gasteiger partial charge on any atom is -0.338 e. The van der Waals surface area contributed by atoms with E-state index in [4.69, 9.17) is 0 Å². The Bertz CT molecular complexity index is 1100. The van der Waals surface area contributed by atoms with E-state index in [1.807, 2.05) is 43.3 Å². The monoisotopic (exact) mass is 355 g/mol. The standard InChI is InChI=1S/C22H21N5/c1-14-10-15(2)12-18(11-14)25-22-24-16(3)13-20(27-22)26-19-8-4-6-17-7-5-9-23-21(17)19/h4-13H,1-3H3,(H2,24,25,26,27). The first-order valence-electron chi connectivity index (χ1n) is 8.88. The highest BCUT2D eigenvalue weighted by Gasteiger charge is 2.07. The molecule has 0 aliphatic heterocycles. The third kappa shape index (κ3) is 3.87. The van der Waals surface area contributed by atoms with Gasteiger partial charge in [-0.15, -0.1) is 0 Å². The van der Waals surface area contributed by atoms with E-state index in [0.717, 1.165) is 33.8 Å². The number of hydrogen-bond donors (Lipinski definition) is 2. The molecule has 4 aromatic rings. The summed E-state index contributed by atoms with van der Waals surface area (Å²) in [5, 5.41) is 7.78. The average Bonchev–Trinajstić information content (AvgIpc) is 2.60. The normalized spacial score (nSPS) is 10.8. The second kappa shape index (κ2) is 7.03. The van der Waals surface area contributed by atoms with Gasteiger partial charge in [-0.05, 0) is 56.2 Å². The predicted octanol–water partition coefficient (Wildman–Crippen LogP) is 5.44. The van der Waals surface area contributed by atoms with E-state index in [9.17, 15) is 0 Å². The quantitative estimate of drug-likeness (QED) is 0.510. The lowest BCUT2D eigenvalue weighted by Crippen LogP contribution is -2.03. The SMILES string of the molecule is Cc1cc(C)cc(Nc2nc(C)cc(Nc3cccc4cccnc34)n2)c1. The second-order valence-corrected chi connectivity index (χ2v) is 6.73. The Labute approximate surface area is 158 Å².